The van der Waals surface area contributed by atoms with E-state index in [1.165, 1.54) is 23.4 Å². The molecule has 0 radical (unpaired) electrons. The van der Waals surface area contributed by atoms with Gasteiger partial charge in [-0.25, -0.2) is 4.79 Å². The van der Waals surface area contributed by atoms with Crippen molar-refractivity contribution < 1.29 is 27.9 Å². The average molecular weight is 491 g/mol. The number of nitrogens with zero attached hydrogens (tertiary/aromatic N) is 3. The summed E-state index contributed by atoms with van der Waals surface area (Å²) in [6.45, 7) is 4.27. The van der Waals surface area contributed by atoms with Crippen LogP contribution in [0.2, 0.25) is 0 Å². The lowest BCUT2D eigenvalue weighted by Gasteiger charge is -2.32. The minimum absolute atomic E-state index is 0.0507. The number of halogens is 3. The second-order valence-corrected chi connectivity index (χ2v) is 9.86. The average Bonchev–Trinajstić information content (AvgIpc) is 3.38. The predicted octanol–water partition coefficient (Wildman–Crippen LogP) is 4.46. The Kier molecular flexibility index (Phi) is 6.42. The van der Waals surface area contributed by atoms with Gasteiger partial charge in [-0.2, -0.15) is 13.2 Å². The van der Waals surface area contributed by atoms with Crippen molar-refractivity contribution in [3.05, 3.63) is 59.4 Å². The molecule has 1 fully saturated rings. The summed E-state index contributed by atoms with van der Waals surface area (Å²) in [6.07, 6.45) is -3.58. The summed E-state index contributed by atoms with van der Waals surface area (Å²) in [4.78, 5) is 29.7. The highest BCUT2D eigenvalue weighted by Gasteiger charge is 2.48. The van der Waals surface area contributed by atoms with Gasteiger partial charge >= 0.3 is 12.3 Å². The Morgan fingerprint density at radius 1 is 1.23 bits per heavy atom. The number of hydrogen-bond acceptors (Lipinski definition) is 4. The maximum Gasteiger partial charge on any atom is 0.414 e. The minimum atomic E-state index is -4.74. The molecule has 3 atom stereocenters. The fourth-order valence-electron chi connectivity index (χ4n) is 5.21. The number of carbonyl (C=O) groups is 2. The Balaban J connectivity index is 1.50. The fourth-order valence-corrected chi connectivity index (χ4v) is 5.21. The molecule has 188 valence electrons. The van der Waals surface area contributed by atoms with Crippen LogP contribution in [0, 0.1) is 5.92 Å². The van der Waals surface area contributed by atoms with Gasteiger partial charge in [0.15, 0.2) is 6.04 Å². The number of carboxylic acid groups (broad SMARTS) is 1. The smallest absolute Gasteiger partial charge is 0.414 e. The van der Waals surface area contributed by atoms with Gasteiger partial charge < -0.3 is 20.2 Å². The summed E-state index contributed by atoms with van der Waals surface area (Å²) in [5.74, 6) is -1.56. The molecule has 0 spiro atoms. The van der Waals surface area contributed by atoms with Crippen LogP contribution in [-0.4, -0.2) is 64.2 Å². The molecule has 2 aromatic rings. The van der Waals surface area contributed by atoms with Crippen LogP contribution in [0.1, 0.15) is 43.1 Å². The van der Waals surface area contributed by atoms with Crippen LogP contribution in [0.5, 0.6) is 0 Å². The molecule has 1 saturated heterocycles. The first kappa shape index (κ1) is 24.8. The number of fused-ring (bicyclic) bond motifs is 1. The number of rotatable bonds is 5. The van der Waals surface area contributed by atoms with Crippen molar-refractivity contribution in [1.82, 2.24) is 14.8 Å². The van der Waals surface area contributed by atoms with Crippen LogP contribution < -0.4 is 5.32 Å². The Labute approximate surface area is 201 Å². The van der Waals surface area contributed by atoms with Gasteiger partial charge in [-0.15, -0.1) is 0 Å². The number of nitrogens with one attached hydrogen (secondary N) is 1. The molecule has 2 amide bonds. The topological polar surface area (TPSA) is 85.8 Å². The molecular formula is C25H29F3N4O3. The zero-order valence-electron chi connectivity index (χ0n) is 19.8. The van der Waals surface area contributed by atoms with Crippen LogP contribution >= 0.6 is 0 Å². The number of alkyl halides is 3. The molecular weight excluding hydrogens is 461 g/mol. The minimum Gasteiger partial charge on any atom is -0.465 e. The molecule has 7 nitrogen and oxygen atoms in total. The van der Waals surface area contributed by atoms with Crippen molar-refractivity contribution in [3.8, 4) is 0 Å². The predicted molar refractivity (Wildman–Crippen MR) is 124 cm³/mol. The third-order valence-electron chi connectivity index (χ3n) is 7.27. The largest absolute Gasteiger partial charge is 0.465 e. The molecule has 1 aliphatic heterocycles. The normalized spacial score (nSPS) is 21.9. The van der Waals surface area contributed by atoms with E-state index in [0.29, 0.717) is 10.6 Å². The second-order valence-electron chi connectivity index (χ2n) is 9.86. The van der Waals surface area contributed by atoms with Crippen molar-refractivity contribution in [3.63, 3.8) is 0 Å². The maximum absolute atomic E-state index is 14.0. The number of carbonyl (C=O) groups excluding carboxylic acids is 1. The summed E-state index contributed by atoms with van der Waals surface area (Å²) < 4.78 is 42.1. The Hall–Kier alpha value is -3.30. The molecule has 4 rings (SSSR count). The van der Waals surface area contributed by atoms with E-state index in [4.69, 9.17) is 5.11 Å². The number of benzene rings is 1. The summed E-state index contributed by atoms with van der Waals surface area (Å²) in [6, 6.07) is 8.84. The van der Waals surface area contributed by atoms with E-state index in [0.717, 1.165) is 18.4 Å². The van der Waals surface area contributed by atoms with Crippen LogP contribution in [0.4, 0.5) is 23.7 Å². The van der Waals surface area contributed by atoms with Gasteiger partial charge in [0.05, 0.1) is 23.5 Å². The molecule has 2 aliphatic rings. The highest BCUT2D eigenvalue weighted by atomic mass is 19.4. The van der Waals surface area contributed by atoms with Crippen molar-refractivity contribution >= 4 is 17.7 Å². The molecule has 1 aromatic heterocycles. The van der Waals surface area contributed by atoms with Crippen molar-refractivity contribution in [2.45, 2.75) is 50.4 Å². The molecule has 1 aliphatic carbocycles. The molecule has 1 aromatic carbocycles. The molecule has 2 heterocycles. The standard InChI is InChI=1S/C25H29F3N4O3/c1-24(2)18-7-5-4-6-15(18)12-20(24)30-17-8-9-19(29-13-17)21(25(26,27)28)31(3)22(33)16-10-11-32(14-16)23(34)35/h4-9,13,16,20-21,30H,10-12,14H2,1-3H3,(H,34,35)/t16-,20+,21?/m1/s1. The molecule has 0 saturated carbocycles. The Morgan fingerprint density at radius 2 is 1.94 bits per heavy atom. The van der Waals surface area contributed by atoms with E-state index in [1.807, 2.05) is 12.1 Å². The van der Waals surface area contributed by atoms with Gasteiger partial charge in [0.1, 0.15) is 0 Å². The number of anilines is 1. The number of amides is 2. The summed E-state index contributed by atoms with van der Waals surface area (Å²) in [5, 5.41) is 12.5. The quantitative estimate of drug-likeness (QED) is 0.647. The number of aromatic nitrogens is 1. The van der Waals surface area contributed by atoms with Crippen molar-refractivity contribution in [2.24, 2.45) is 5.92 Å². The van der Waals surface area contributed by atoms with Gasteiger partial charge in [0.25, 0.3) is 0 Å². The van der Waals surface area contributed by atoms with E-state index in [-0.39, 0.29) is 36.7 Å². The fraction of sp³-hybridized carbons (Fsp3) is 0.480. The lowest BCUT2D eigenvalue weighted by atomic mass is 9.83. The third-order valence-corrected chi connectivity index (χ3v) is 7.27. The van der Waals surface area contributed by atoms with Gasteiger partial charge in [0, 0.05) is 31.6 Å². The maximum atomic E-state index is 14.0. The van der Waals surface area contributed by atoms with Gasteiger partial charge in [-0.05, 0) is 36.1 Å². The SMILES string of the molecule is CN(C(=O)[C@@H]1CCN(C(=O)O)C1)C(c1ccc(N[C@H]2Cc3ccccc3C2(C)C)cn1)C(F)(F)F. The summed E-state index contributed by atoms with van der Waals surface area (Å²) in [5.41, 5.74) is 2.63. The van der Waals surface area contributed by atoms with E-state index >= 15 is 0 Å². The van der Waals surface area contributed by atoms with Crippen LogP contribution in [0.15, 0.2) is 42.6 Å². The van der Waals surface area contributed by atoms with Crippen molar-refractivity contribution in [1.29, 1.82) is 0 Å². The lowest BCUT2D eigenvalue weighted by Crippen LogP contribution is -2.43. The van der Waals surface area contributed by atoms with Gasteiger partial charge in [-0.3, -0.25) is 9.78 Å². The van der Waals surface area contributed by atoms with E-state index in [1.54, 1.807) is 6.07 Å². The van der Waals surface area contributed by atoms with Crippen LogP contribution in [0.3, 0.4) is 0 Å². The van der Waals surface area contributed by atoms with E-state index < -0.39 is 30.1 Å². The number of pyridine rings is 1. The van der Waals surface area contributed by atoms with Gasteiger partial charge in [-0.1, -0.05) is 38.1 Å². The van der Waals surface area contributed by atoms with Crippen LogP contribution in [0.25, 0.3) is 0 Å². The van der Waals surface area contributed by atoms with Crippen LogP contribution in [-0.2, 0) is 16.6 Å². The Bertz CT molecular complexity index is 1100. The first-order valence-corrected chi connectivity index (χ1v) is 11.5. The van der Waals surface area contributed by atoms with E-state index in [2.05, 4.69) is 36.3 Å². The first-order valence-electron chi connectivity index (χ1n) is 11.5. The second kappa shape index (κ2) is 9.05. The van der Waals surface area contributed by atoms with Crippen molar-refractivity contribution in [2.75, 3.05) is 25.5 Å². The molecule has 0 bridgehead atoms. The molecule has 1 unspecified atom stereocenters. The highest BCUT2D eigenvalue weighted by molar-refractivity contribution is 5.80. The Morgan fingerprint density at radius 3 is 2.51 bits per heavy atom. The molecule has 35 heavy (non-hydrogen) atoms. The molecule has 10 heteroatoms. The number of hydrogen-bond donors (Lipinski definition) is 2. The summed E-state index contributed by atoms with van der Waals surface area (Å²) >= 11 is 0. The lowest BCUT2D eigenvalue weighted by molar-refractivity contribution is -0.191. The van der Waals surface area contributed by atoms with Gasteiger partial charge in [0.2, 0.25) is 5.91 Å². The zero-order valence-corrected chi connectivity index (χ0v) is 19.8. The number of likely N-dealkylation sites (tertiary alicyclic amines) is 1. The zero-order chi connectivity index (χ0) is 25.5. The summed E-state index contributed by atoms with van der Waals surface area (Å²) in [7, 11) is 1.09. The first-order chi connectivity index (χ1) is 16.4. The third kappa shape index (κ3) is 4.78. The molecule has 2 N–H and O–H groups in total. The monoisotopic (exact) mass is 490 g/mol. The highest BCUT2D eigenvalue weighted by Crippen LogP contribution is 2.41. The van der Waals surface area contributed by atoms with E-state index in [9.17, 15) is 22.8 Å².